The van der Waals surface area contributed by atoms with Gasteiger partial charge in [-0.15, -0.1) is 23.2 Å². The van der Waals surface area contributed by atoms with Crippen molar-refractivity contribution in [1.82, 2.24) is 0 Å². The third kappa shape index (κ3) is 2.99. The highest BCUT2D eigenvalue weighted by Gasteiger charge is 2.42. The number of allylic oxidation sites excluding steroid dienone is 6. The molecule has 0 fully saturated rings. The predicted molar refractivity (Wildman–Crippen MR) is 74.1 cm³/mol. The third-order valence-electron chi connectivity index (χ3n) is 2.91. The van der Waals surface area contributed by atoms with E-state index >= 15 is 0 Å². The fraction of sp³-hybridized carbons (Fsp3) is 0.286. The van der Waals surface area contributed by atoms with E-state index in [1.54, 1.807) is 36.5 Å². The van der Waals surface area contributed by atoms with E-state index in [2.05, 4.69) is 0 Å². The molecule has 2 rings (SSSR count). The Morgan fingerprint density at radius 2 is 1.26 bits per heavy atom. The minimum absolute atomic E-state index is 0.280. The molecular weight excluding hydrogens is 287 g/mol. The summed E-state index contributed by atoms with van der Waals surface area (Å²) in [6.07, 6.45) is 13.9. The highest BCUT2D eigenvalue weighted by Crippen LogP contribution is 2.31. The second kappa shape index (κ2) is 5.35. The molecule has 0 heterocycles. The zero-order valence-electron chi connectivity index (χ0n) is 10.0. The number of esters is 2. The summed E-state index contributed by atoms with van der Waals surface area (Å²) in [6, 6.07) is 0. The van der Waals surface area contributed by atoms with Crippen LogP contribution in [0.4, 0.5) is 0 Å². The fourth-order valence-electron chi connectivity index (χ4n) is 1.75. The van der Waals surface area contributed by atoms with Gasteiger partial charge in [0, 0.05) is 0 Å². The van der Waals surface area contributed by atoms with Crippen molar-refractivity contribution in [3.05, 3.63) is 48.6 Å². The molecule has 0 aliphatic heterocycles. The lowest BCUT2D eigenvalue weighted by Crippen LogP contribution is -2.40. The number of ether oxygens (including phenoxy) is 1. The SMILES string of the molecule is O=C(OC(=O)C1(Cl)C=CC=CC1)C1(Cl)C=CC=CC1. The lowest BCUT2D eigenvalue weighted by atomic mass is 9.98. The first kappa shape index (κ1) is 14.1. The van der Waals surface area contributed by atoms with Crippen molar-refractivity contribution < 1.29 is 14.3 Å². The third-order valence-corrected chi connectivity index (χ3v) is 3.78. The van der Waals surface area contributed by atoms with Crippen LogP contribution in [0.3, 0.4) is 0 Å². The first-order valence-corrected chi connectivity index (χ1v) is 6.55. The van der Waals surface area contributed by atoms with Crippen molar-refractivity contribution in [2.75, 3.05) is 0 Å². The summed E-state index contributed by atoms with van der Waals surface area (Å²) in [5.41, 5.74) is 0. The molecule has 2 atom stereocenters. The van der Waals surface area contributed by atoms with E-state index in [0.29, 0.717) is 0 Å². The van der Waals surface area contributed by atoms with Gasteiger partial charge < -0.3 is 4.74 Å². The molecule has 0 saturated carbocycles. The Morgan fingerprint density at radius 1 is 0.842 bits per heavy atom. The maximum absolute atomic E-state index is 12.0. The zero-order valence-corrected chi connectivity index (χ0v) is 11.5. The standard InChI is InChI=1S/C14H12Cl2O3/c15-13(7-3-1-4-8-13)11(17)19-12(18)14(16)9-5-2-6-10-14/h1-7,9H,8,10H2. The van der Waals surface area contributed by atoms with E-state index in [-0.39, 0.29) is 12.8 Å². The maximum atomic E-state index is 12.0. The van der Waals surface area contributed by atoms with Gasteiger partial charge >= 0.3 is 11.9 Å². The van der Waals surface area contributed by atoms with Crippen LogP contribution in [-0.4, -0.2) is 21.7 Å². The van der Waals surface area contributed by atoms with Crippen LogP contribution in [0, 0.1) is 0 Å². The van der Waals surface area contributed by atoms with Crippen LogP contribution in [0.25, 0.3) is 0 Å². The van der Waals surface area contributed by atoms with Gasteiger partial charge in [0.1, 0.15) is 0 Å². The van der Waals surface area contributed by atoms with E-state index < -0.39 is 21.7 Å². The second-order valence-corrected chi connectivity index (χ2v) is 5.73. The topological polar surface area (TPSA) is 43.4 Å². The minimum atomic E-state index is -1.33. The highest BCUT2D eigenvalue weighted by molar-refractivity contribution is 6.39. The Labute approximate surface area is 121 Å². The molecule has 0 radical (unpaired) electrons. The lowest BCUT2D eigenvalue weighted by Gasteiger charge is -2.25. The molecule has 19 heavy (non-hydrogen) atoms. The van der Waals surface area contributed by atoms with Crippen molar-refractivity contribution in [3.8, 4) is 0 Å². The fourth-order valence-corrected chi connectivity index (χ4v) is 2.15. The van der Waals surface area contributed by atoms with E-state index in [9.17, 15) is 9.59 Å². The Hall–Kier alpha value is -1.32. The first-order chi connectivity index (χ1) is 8.96. The normalized spacial score (nSPS) is 32.3. The number of carbonyl (C=O) groups is 2. The summed E-state index contributed by atoms with van der Waals surface area (Å²) in [5.74, 6) is -1.61. The summed E-state index contributed by atoms with van der Waals surface area (Å²) in [7, 11) is 0. The summed E-state index contributed by atoms with van der Waals surface area (Å²) >= 11 is 12.2. The van der Waals surface area contributed by atoms with Gasteiger partial charge in [0.25, 0.3) is 0 Å². The predicted octanol–water partition coefficient (Wildman–Crippen LogP) is 3.04. The monoisotopic (exact) mass is 298 g/mol. The molecule has 0 bridgehead atoms. The van der Waals surface area contributed by atoms with Gasteiger partial charge in [0.15, 0.2) is 9.75 Å². The average Bonchev–Trinajstić information content (AvgIpc) is 2.40. The van der Waals surface area contributed by atoms with Crippen LogP contribution in [0.1, 0.15) is 12.8 Å². The van der Waals surface area contributed by atoms with Gasteiger partial charge in [-0.3, -0.25) is 0 Å². The Bertz CT molecular complexity index is 473. The van der Waals surface area contributed by atoms with Crippen molar-refractivity contribution in [2.45, 2.75) is 22.6 Å². The molecule has 0 aromatic heterocycles. The van der Waals surface area contributed by atoms with Crippen molar-refractivity contribution >= 4 is 35.1 Å². The number of rotatable bonds is 2. The molecule has 0 aromatic carbocycles. The lowest BCUT2D eigenvalue weighted by molar-refractivity contribution is -0.161. The van der Waals surface area contributed by atoms with Gasteiger partial charge in [0.2, 0.25) is 0 Å². The molecule has 0 N–H and O–H groups in total. The summed E-state index contributed by atoms with van der Waals surface area (Å²) < 4.78 is 4.82. The van der Waals surface area contributed by atoms with E-state index in [0.717, 1.165) is 0 Å². The van der Waals surface area contributed by atoms with Gasteiger partial charge in [-0.2, -0.15) is 0 Å². The number of halogens is 2. The van der Waals surface area contributed by atoms with E-state index in [4.69, 9.17) is 27.9 Å². The number of hydrogen-bond donors (Lipinski definition) is 0. The van der Waals surface area contributed by atoms with Crippen LogP contribution in [0.15, 0.2) is 48.6 Å². The van der Waals surface area contributed by atoms with E-state index in [1.165, 1.54) is 12.2 Å². The molecule has 5 heteroatoms. The Balaban J connectivity index is 2.05. The molecule has 3 nitrogen and oxygen atoms in total. The molecule has 0 spiro atoms. The van der Waals surface area contributed by atoms with Gasteiger partial charge in [-0.1, -0.05) is 48.6 Å². The van der Waals surface area contributed by atoms with Crippen LogP contribution in [0.5, 0.6) is 0 Å². The molecule has 0 aromatic rings. The highest BCUT2D eigenvalue weighted by atomic mass is 35.5. The minimum Gasteiger partial charge on any atom is -0.390 e. The molecule has 0 saturated heterocycles. The molecule has 100 valence electrons. The van der Waals surface area contributed by atoms with E-state index in [1.807, 2.05) is 0 Å². The second-order valence-electron chi connectivity index (χ2n) is 4.38. The van der Waals surface area contributed by atoms with Crippen molar-refractivity contribution in [2.24, 2.45) is 0 Å². The van der Waals surface area contributed by atoms with Crippen LogP contribution >= 0.6 is 23.2 Å². The molecule has 2 aliphatic carbocycles. The molecule has 2 aliphatic rings. The molecule has 2 unspecified atom stereocenters. The molecule has 0 amide bonds. The molecular formula is C14H12Cl2O3. The Kier molecular flexibility index (Phi) is 3.97. The quantitative estimate of drug-likeness (QED) is 0.447. The van der Waals surface area contributed by atoms with Gasteiger partial charge in [-0.25, -0.2) is 9.59 Å². The zero-order chi connectivity index (χ0) is 13.9. The smallest absolute Gasteiger partial charge is 0.339 e. The van der Waals surface area contributed by atoms with Crippen LogP contribution < -0.4 is 0 Å². The summed E-state index contributed by atoms with van der Waals surface area (Å²) in [4.78, 5) is 21.3. The maximum Gasteiger partial charge on any atom is 0.339 e. The average molecular weight is 299 g/mol. The number of alkyl halides is 2. The van der Waals surface area contributed by atoms with Crippen LogP contribution in [0.2, 0.25) is 0 Å². The van der Waals surface area contributed by atoms with Gasteiger partial charge in [0.05, 0.1) is 0 Å². The summed E-state index contributed by atoms with van der Waals surface area (Å²) in [5, 5.41) is 0. The Morgan fingerprint density at radius 3 is 1.58 bits per heavy atom. The first-order valence-electron chi connectivity index (χ1n) is 5.80. The number of carbonyl (C=O) groups excluding carboxylic acids is 2. The number of hydrogen-bond acceptors (Lipinski definition) is 3. The van der Waals surface area contributed by atoms with Crippen LogP contribution in [-0.2, 0) is 14.3 Å². The van der Waals surface area contributed by atoms with Crippen molar-refractivity contribution in [3.63, 3.8) is 0 Å². The van der Waals surface area contributed by atoms with Gasteiger partial charge in [-0.05, 0) is 12.8 Å². The largest absolute Gasteiger partial charge is 0.390 e. The van der Waals surface area contributed by atoms with Crippen molar-refractivity contribution in [1.29, 1.82) is 0 Å². The summed E-state index contributed by atoms with van der Waals surface area (Å²) in [6.45, 7) is 0.